The average Bonchev–Trinajstić information content (AvgIpc) is 1.95. The Morgan fingerprint density at radius 3 is 2.60 bits per heavy atom. The van der Waals surface area contributed by atoms with Crippen LogP contribution in [0.5, 0.6) is 0 Å². The van der Waals surface area contributed by atoms with E-state index in [4.69, 9.17) is 0 Å². The minimum atomic E-state index is 0.722. The van der Waals surface area contributed by atoms with Gasteiger partial charge in [0.15, 0.2) is 0 Å². The van der Waals surface area contributed by atoms with Gasteiger partial charge in [-0.15, -0.1) is 0 Å². The van der Waals surface area contributed by atoms with E-state index in [0.717, 1.165) is 17.0 Å². The van der Waals surface area contributed by atoms with Crippen molar-refractivity contribution in [1.29, 1.82) is 0 Å². The van der Waals surface area contributed by atoms with Crippen LogP contribution in [0.3, 0.4) is 0 Å². The Kier molecular flexibility index (Phi) is 2.62. The van der Waals surface area contributed by atoms with Crippen LogP contribution >= 0.6 is 15.9 Å². The fourth-order valence-corrected chi connectivity index (χ4v) is 0.885. The first-order valence-electron chi connectivity index (χ1n) is 2.91. The van der Waals surface area contributed by atoms with Gasteiger partial charge in [0.2, 0.25) is 0 Å². The average molecular weight is 202 g/mol. The molecule has 3 nitrogen and oxygen atoms in total. The highest BCUT2D eigenvalue weighted by Gasteiger charge is 1.89. The van der Waals surface area contributed by atoms with Crippen molar-refractivity contribution in [3.63, 3.8) is 0 Å². The largest absolute Gasteiger partial charge is 0.373 e. The zero-order valence-electron chi connectivity index (χ0n) is 5.63. The monoisotopic (exact) mass is 201 g/mol. The maximum absolute atomic E-state index is 4.00. The number of anilines is 1. The molecule has 0 aliphatic rings. The van der Waals surface area contributed by atoms with Gasteiger partial charge in [-0.25, -0.2) is 9.97 Å². The van der Waals surface area contributed by atoms with E-state index in [1.165, 1.54) is 0 Å². The highest BCUT2D eigenvalue weighted by Crippen LogP contribution is 2.01. The fourth-order valence-electron chi connectivity index (χ4n) is 0.561. The summed E-state index contributed by atoms with van der Waals surface area (Å²) >= 11 is 3.24. The lowest BCUT2D eigenvalue weighted by Gasteiger charge is -1.98. The van der Waals surface area contributed by atoms with Crippen LogP contribution in [0.1, 0.15) is 5.82 Å². The molecule has 0 spiro atoms. The van der Waals surface area contributed by atoms with Crippen LogP contribution in [0.15, 0.2) is 12.4 Å². The van der Waals surface area contributed by atoms with Gasteiger partial charge < -0.3 is 5.32 Å². The highest BCUT2D eigenvalue weighted by atomic mass is 79.9. The molecule has 54 valence electrons. The smallest absolute Gasteiger partial charge is 0.125 e. The number of halogens is 1. The highest BCUT2D eigenvalue weighted by molar-refractivity contribution is 9.09. The van der Waals surface area contributed by atoms with E-state index in [1.54, 1.807) is 12.4 Å². The van der Waals surface area contributed by atoms with Gasteiger partial charge in [-0.1, -0.05) is 15.9 Å². The van der Waals surface area contributed by atoms with Gasteiger partial charge in [-0.3, -0.25) is 0 Å². The van der Waals surface area contributed by atoms with Crippen LogP contribution in [0.2, 0.25) is 0 Å². The van der Waals surface area contributed by atoms with Gasteiger partial charge in [0, 0.05) is 0 Å². The first-order valence-corrected chi connectivity index (χ1v) is 4.03. The number of nitrogens with zero attached hydrogens (tertiary/aromatic N) is 2. The SMILES string of the molecule is Cc1ncc(NCBr)cn1. The third-order valence-corrected chi connectivity index (χ3v) is 1.33. The molecule has 0 bridgehead atoms. The summed E-state index contributed by atoms with van der Waals surface area (Å²) < 4.78 is 0. The van der Waals surface area contributed by atoms with Gasteiger partial charge >= 0.3 is 0 Å². The molecular weight excluding hydrogens is 194 g/mol. The first-order chi connectivity index (χ1) is 4.83. The molecule has 4 heteroatoms. The molecule has 0 atom stereocenters. The molecule has 0 fully saturated rings. The third-order valence-electron chi connectivity index (χ3n) is 1.05. The Balaban J connectivity index is 2.69. The summed E-state index contributed by atoms with van der Waals surface area (Å²) in [5.41, 5.74) is 1.65. The van der Waals surface area contributed by atoms with Gasteiger partial charge in [0.1, 0.15) is 5.82 Å². The molecule has 1 aromatic rings. The van der Waals surface area contributed by atoms with Crippen LogP contribution in [-0.2, 0) is 0 Å². The second kappa shape index (κ2) is 3.51. The predicted octanol–water partition coefficient (Wildman–Crippen LogP) is 1.55. The Morgan fingerprint density at radius 1 is 1.50 bits per heavy atom. The summed E-state index contributed by atoms with van der Waals surface area (Å²) in [6, 6.07) is 0. The Morgan fingerprint density at radius 2 is 2.10 bits per heavy atom. The van der Waals surface area contributed by atoms with E-state index in [-0.39, 0.29) is 0 Å². The summed E-state index contributed by atoms with van der Waals surface area (Å²) in [5.74, 6) is 0.792. The molecule has 0 saturated heterocycles. The lowest BCUT2D eigenvalue weighted by molar-refractivity contribution is 1.05. The van der Waals surface area contributed by atoms with E-state index >= 15 is 0 Å². The predicted molar refractivity (Wildman–Crippen MR) is 44.2 cm³/mol. The Bertz CT molecular complexity index is 197. The van der Waals surface area contributed by atoms with Crippen molar-refractivity contribution in [2.75, 3.05) is 10.8 Å². The molecule has 0 aromatic carbocycles. The van der Waals surface area contributed by atoms with Gasteiger partial charge in [0.25, 0.3) is 0 Å². The van der Waals surface area contributed by atoms with Crippen LogP contribution in [-0.4, -0.2) is 15.4 Å². The minimum Gasteiger partial charge on any atom is -0.373 e. The molecule has 10 heavy (non-hydrogen) atoms. The van der Waals surface area contributed by atoms with Crippen molar-refractivity contribution in [3.05, 3.63) is 18.2 Å². The van der Waals surface area contributed by atoms with Crippen LogP contribution in [0, 0.1) is 6.92 Å². The number of hydrogen-bond donors (Lipinski definition) is 1. The third kappa shape index (κ3) is 1.95. The molecule has 0 unspecified atom stereocenters. The lowest BCUT2D eigenvalue weighted by atomic mass is 10.5. The van der Waals surface area contributed by atoms with Crippen LogP contribution in [0.4, 0.5) is 5.69 Å². The number of hydrogen-bond acceptors (Lipinski definition) is 3. The van der Waals surface area contributed by atoms with E-state index in [9.17, 15) is 0 Å². The summed E-state index contributed by atoms with van der Waals surface area (Å²) in [6.07, 6.45) is 3.51. The molecule has 0 amide bonds. The lowest BCUT2D eigenvalue weighted by Crippen LogP contribution is -1.96. The van der Waals surface area contributed by atoms with Crippen LogP contribution < -0.4 is 5.32 Å². The zero-order chi connectivity index (χ0) is 7.40. The summed E-state index contributed by atoms with van der Waals surface area (Å²) in [4.78, 5) is 8.01. The number of nitrogens with one attached hydrogen (secondary N) is 1. The first kappa shape index (κ1) is 7.47. The normalized spacial score (nSPS) is 9.40. The minimum absolute atomic E-state index is 0.722. The summed E-state index contributed by atoms with van der Waals surface area (Å²) in [6.45, 7) is 1.86. The molecule has 1 heterocycles. The Labute approximate surface area is 68.0 Å². The van der Waals surface area contributed by atoms with E-state index in [0.29, 0.717) is 0 Å². The molecule has 1 N–H and O–H groups in total. The van der Waals surface area contributed by atoms with Crippen LogP contribution in [0.25, 0.3) is 0 Å². The zero-order valence-corrected chi connectivity index (χ0v) is 7.22. The van der Waals surface area contributed by atoms with Crippen molar-refractivity contribution in [2.45, 2.75) is 6.92 Å². The van der Waals surface area contributed by atoms with Gasteiger partial charge in [-0.05, 0) is 6.92 Å². The maximum Gasteiger partial charge on any atom is 0.125 e. The molecule has 0 aliphatic carbocycles. The summed E-state index contributed by atoms with van der Waals surface area (Å²) in [7, 11) is 0. The maximum atomic E-state index is 4.00. The van der Waals surface area contributed by atoms with Gasteiger partial charge in [-0.2, -0.15) is 0 Å². The number of rotatable bonds is 2. The number of aromatic nitrogens is 2. The Hall–Kier alpha value is -0.640. The number of alkyl halides is 1. The quantitative estimate of drug-likeness (QED) is 0.583. The van der Waals surface area contributed by atoms with Crippen molar-refractivity contribution in [3.8, 4) is 0 Å². The van der Waals surface area contributed by atoms with Crippen molar-refractivity contribution < 1.29 is 0 Å². The second-order valence-electron chi connectivity index (χ2n) is 1.83. The molecular formula is C6H8BrN3. The van der Waals surface area contributed by atoms with Crippen molar-refractivity contribution in [1.82, 2.24) is 9.97 Å². The summed E-state index contributed by atoms with van der Waals surface area (Å²) in [5, 5.41) is 3.03. The topological polar surface area (TPSA) is 37.8 Å². The van der Waals surface area contributed by atoms with Gasteiger partial charge in [0.05, 0.1) is 23.5 Å². The van der Waals surface area contributed by atoms with E-state index < -0.39 is 0 Å². The molecule has 0 radical (unpaired) electrons. The van der Waals surface area contributed by atoms with Crippen molar-refractivity contribution >= 4 is 21.6 Å². The molecule has 1 aromatic heterocycles. The molecule has 0 aliphatic heterocycles. The second-order valence-corrected chi connectivity index (χ2v) is 2.39. The number of aryl methyl sites for hydroxylation is 1. The molecule has 0 saturated carbocycles. The molecule has 1 rings (SSSR count). The fraction of sp³-hybridized carbons (Fsp3) is 0.333. The van der Waals surface area contributed by atoms with E-state index in [2.05, 4.69) is 31.2 Å². The van der Waals surface area contributed by atoms with Crippen molar-refractivity contribution in [2.24, 2.45) is 0 Å². The van der Waals surface area contributed by atoms with E-state index in [1.807, 2.05) is 6.92 Å². The standard InChI is InChI=1S/C6H8BrN3/c1-5-8-2-6(3-9-5)10-4-7/h2-3,10H,4H2,1H3.